The fourth-order valence-corrected chi connectivity index (χ4v) is 2.72. The van der Waals surface area contributed by atoms with Crippen molar-refractivity contribution in [3.05, 3.63) is 70.0 Å². The van der Waals surface area contributed by atoms with Gasteiger partial charge >= 0.3 is 0 Å². The summed E-state index contributed by atoms with van der Waals surface area (Å²) >= 11 is 0. The highest BCUT2D eigenvalue weighted by molar-refractivity contribution is 5.83. The minimum Gasteiger partial charge on any atom is -0.378 e. The summed E-state index contributed by atoms with van der Waals surface area (Å²) in [4.78, 5) is 31.0. The Morgan fingerprint density at radius 3 is 2.62 bits per heavy atom. The third-order valence-electron chi connectivity index (χ3n) is 4.37. The summed E-state index contributed by atoms with van der Waals surface area (Å²) in [5, 5.41) is 15.6. The van der Waals surface area contributed by atoms with E-state index in [2.05, 4.69) is 20.6 Å². The number of Topliss-reactive ketones (excluding diaryl/α,β-unsaturated/α-hetero) is 1. The second-order valence-electron chi connectivity index (χ2n) is 6.57. The summed E-state index contributed by atoms with van der Waals surface area (Å²) < 4.78 is 0. The maximum Gasteiger partial charge on any atom is 0.270 e. The van der Waals surface area contributed by atoms with E-state index in [1.807, 2.05) is 50.2 Å². The Morgan fingerprint density at radius 1 is 1.17 bits per heavy atom. The Kier molecular flexibility index (Phi) is 6.05. The molecule has 0 spiro atoms. The number of nitriles is 1. The Balaban J connectivity index is 1.96. The van der Waals surface area contributed by atoms with Gasteiger partial charge in [0.05, 0.1) is 12.2 Å². The average Bonchev–Trinajstić information content (AvgIpc) is 2.73. The lowest BCUT2D eigenvalue weighted by Gasteiger charge is -2.11. The van der Waals surface area contributed by atoms with Crippen LogP contribution >= 0.6 is 0 Å². The first-order valence-corrected chi connectivity index (χ1v) is 9.24. The number of aromatic nitrogens is 2. The van der Waals surface area contributed by atoms with Crippen LogP contribution in [-0.4, -0.2) is 22.3 Å². The first-order chi connectivity index (χ1) is 14.0. The number of ketones is 1. The number of nitrogens with zero attached hydrogens (tertiary/aromatic N) is 2. The van der Waals surface area contributed by atoms with Crippen LogP contribution in [0.1, 0.15) is 24.5 Å². The number of carbonyl (C=O) groups is 1. The molecule has 0 aliphatic rings. The molecule has 0 radical (unpaired) electrons. The lowest BCUT2D eigenvalue weighted by molar-refractivity contribution is -0.117. The molecule has 3 aromatic rings. The standard InChI is InChI=1S/C22H21N5O2/c1-3-18(28)13-24-17-6-4-5-15(11-17)20-19(12-23)21(29)27-22(26-20)25-16-9-7-14(2)8-10-16/h4-11,24H,3,13H2,1-2H3,(H2,25,26,27,29). The van der Waals surface area contributed by atoms with Gasteiger partial charge in [0.25, 0.3) is 5.56 Å². The van der Waals surface area contributed by atoms with Crippen molar-refractivity contribution in [2.45, 2.75) is 20.3 Å². The number of H-pyrrole nitrogens is 1. The zero-order valence-electron chi connectivity index (χ0n) is 16.2. The molecule has 146 valence electrons. The number of anilines is 3. The molecule has 2 aromatic carbocycles. The number of rotatable bonds is 7. The molecule has 0 bridgehead atoms. The van der Waals surface area contributed by atoms with E-state index in [4.69, 9.17) is 0 Å². The average molecular weight is 387 g/mol. The summed E-state index contributed by atoms with van der Waals surface area (Å²) in [6.07, 6.45) is 0.453. The van der Waals surface area contributed by atoms with Gasteiger partial charge in [-0.2, -0.15) is 5.26 Å². The summed E-state index contributed by atoms with van der Waals surface area (Å²) in [6.45, 7) is 4.01. The smallest absolute Gasteiger partial charge is 0.270 e. The molecule has 1 aromatic heterocycles. The van der Waals surface area contributed by atoms with Crippen LogP contribution in [0.3, 0.4) is 0 Å². The fraction of sp³-hybridized carbons (Fsp3) is 0.182. The fourth-order valence-electron chi connectivity index (χ4n) is 2.72. The van der Waals surface area contributed by atoms with Crippen LogP contribution in [-0.2, 0) is 4.79 Å². The summed E-state index contributed by atoms with van der Waals surface area (Å²) in [7, 11) is 0. The Morgan fingerprint density at radius 2 is 1.93 bits per heavy atom. The third kappa shape index (κ3) is 4.87. The molecule has 0 atom stereocenters. The minimum atomic E-state index is -0.522. The van der Waals surface area contributed by atoms with E-state index in [9.17, 15) is 14.9 Å². The molecule has 0 fully saturated rings. The molecule has 3 N–H and O–H groups in total. The number of aryl methyl sites for hydroxylation is 1. The molecule has 3 rings (SSSR count). The number of hydrogen-bond donors (Lipinski definition) is 3. The second kappa shape index (κ2) is 8.85. The maximum absolute atomic E-state index is 12.4. The summed E-state index contributed by atoms with van der Waals surface area (Å²) in [5.41, 5.74) is 2.88. The van der Waals surface area contributed by atoms with Gasteiger partial charge < -0.3 is 10.6 Å². The molecule has 7 heteroatoms. The molecule has 0 amide bonds. The van der Waals surface area contributed by atoms with Crippen molar-refractivity contribution in [1.29, 1.82) is 5.26 Å². The van der Waals surface area contributed by atoms with E-state index in [-0.39, 0.29) is 29.5 Å². The highest BCUT2D eigenvalue weighted by Gasteiger charge is 2.14. The lowest BCUT2D eigenvalue weighted by Crippen LogP contribution is -2.16. The van der Waals surface area contributed by atoms with E-state index < -0.39 is 5.56 Å². The Labute approximate surface area is 168 Å². The monoisotopic (exact) mass is 387 g/mol. The van der Waals surface area contributed by atoms with E-state index in [1.54, 1.807) is 18.2 Å². The van der Waals surface area contributed by atoms with Crippen molar-refractivity contribution in [3.8, 4) is 17.3 Å². The van der Waals surface area contributed by atoms with Crippen LogP contribution < -0.4 is 16.2 Å². The molecular formula is C22H21N5O2. The van der Waals surface area contributed by atoms with Crippen LogP contribution in [0.15, 0.2) is 53.3 Å². The maximum atomic E-state index is 12.4. The van der Waals surface area contributed by atoms with Crippen LogP contribution in [0.25, 0.3) is 11.3 Å². The highest BCUT2D eigenvalue weighted by Crippen LogP contribution is 2.24. The number of hydrogen-bond acceptors (Lipinski definition) is 6. The molecular weight excluding hydrogens is 366 g/mol. The zero-order valence-corrected chi connectivity index (χ0v) is 16.2. The van der Waals surface area contributed by atoms with Gasteiger partial charge in [0.15, 0.2) is 5.78 Å². The first-order valence-electron chi connectivity index (χ1n) is 9.24. The predicted octanol–water partition coefficient (Wildman–Crippen LogP) is 3.75. The quantitative estimate of drug-likeness (QED) is 0.569. The number of carbonyl (C=O) groups excluding carboxylic acids is 1. The van der Waals surface area contributed by atoms with Crippen molar-refractivity contribution in [1.82, 2.24) is 9.97 Å². The molecule has 0 unspecified atom stereocenters. The number of aromatic amines is 1. The Hall–Kier alpha value is -3.92. The predicted molar refractivity (Wildman–Crippen MR) is 113 cm³/mol. The topological polar surface area (TPSA) is 111 Å². The van der Waals surface area contributed by atoms with Crippen molar-refractivity contribution in [2.75, 3.05) is 17.2 Å². The second-order valence-corrected chi connectivity index (χ2v) is 6.57. The van der Waals surface area contributed by atoms with Crippen LogP contribution in [0.2, 0.25) is 0 Å². The van der Waals surface area contributed by atoms with E-state index in [0.29, 0.717) is 17.7 Å². The Bertz CT molecular complexity index is 1130. The number of benzene rings is 2. The molecule has 0 aliphatic heterocycles. The van der Waals surface area contributed by atoms with Gasteiger partial charge in [0.1, 0.15) is 11.6 Å². The van der Waals surface area contributed by atoms with Gasteiger partial charge in [0.2, 0.25) is 5.95 Å². The SMILES string of the molecule is CCC(=O)CNc1cccc(-c2nc(Nc3ccc(C)cc3)[nH]c(=O)c2C#N)c1. The molecule has 0 saturated heterocycles. The molecule has 0 aliphatic carbocycles. The zero-order chi connectivity index (χ0) is 20.8. The van der Waals surface area contributed by atoms with Crippen LogP contribution in [0, 0.1) is 18.3 Å². The lowest BCUT2D eigenvalue weighted by atomic mass is 10.1. The van der Waals surface area contributed by atoms with Gasteiger partial charge in [-0.05, 0) is 31.2 Å². The third-order valence-corrected chi connectivity index (χ3v) is 4.37. The minimum absolute atomic E-state index is 0.0683. The first kappa shape index (κ1) is 19.8. The van der Waals surface area contributed by atoms with E-state index >= 15 is 0 Å². The largest absolute Gasteiger partial charge is 0.378 e. The van der Waals surface area contributed by atoms with Gasteiger partial charge in [-0.1, -0.05) is 36.8 Å². The molecule has 7 nitrogen and oxygen atoms in total. The van der Waals surface area contributed by atoms with Crippen molar-refractivity contribution in [3.63, 3.8) is 0 Å². The highest BCUT2D eigenvalue weighted by atomic mass is 16.1. The molecule has 29 heavy (non-hydrogen) atoms. The molecule has 1 heterocycles. The van der Waals surface area contributed by atoms with Crippen molar-refractivity contribution < 1.29 is 4.79 Å². The summed E-state index contributed by atoms with van der Waals surface area (Å²) in [6, 6.07) is 16.7. The van der Waals surface area contributed by atoms with Crippen molar-refractivity contribution >= 4 is 23.1 Å². The van der Waals surface area contributed by atoms with Gasteiger partial charge in [-0.3, -0.25) is 14.6 Å². The van der Waals surface area contributed by atoms with E-state index in [0.717, 1.165) is 11.3 Å². The van der Waals surface area contributed by atoms with E-state index in [1.165, 1.54) is 0 Å². The summed E-state index contributed by atoms with van der Waals surface area (Å²) in [5.74, 6) is 0.333. The van der Waals surface area contributed by atoms with Crippen LogP contribution in [0.4, 0.5) is 17.3 Å². The molecule has 0 saturated carbocycles. The van der Waals surface area contributed by atoms with Crippen LogP contribution in [0.5, 0.6) is 0 Å². The van der Waals surface area contributed by atoms with Gasteiger partial charge in [0, 0.05) is 23.4 Å². The van der Waals surface area contributed by atoms with Gasteiger partial charge in [-0.25, -0.2) is 4.98 Å². The normalized spacial score (nSPS) is 10.2. The number of nitrogens with one attached hydrogen (secondary N) is 3. The van der Waals surface area contributed by atoms with Crippen molar-refractivity contribution in [2.24, 2.45) is 0 Å². The van der Waals surface area contributed by atoms with Gasteiger partial charge in [-0.15, -0.1) is 0 Å².